The van der Waals surface area contributed by atoms with Gasteiger partial charge in [-0.25, -0.2) is 0 Å². The van der Waals surface area contributed by atoms with Crippen LogP contribution in [0.2, 0.25) is 0 Å². The fourth-order valence-electron chi connectivity index (χ4n) is 1.97. The molecule has 0 fully saturated rings. The smallest absolute Gasteiger partial charge is 0.257 e. The molecule has 2 aromatic rings. The third-order valence-electron chi connectivity index (χ3n) is 3.34. The van der Waals surface area contributed by atoms with E-state index in [4.69, 9.17) is 17.0 Å². The highest BCUT2D eigenvalue weighted by atomic mass is 32.1. The number of carbonyl (C=O) groups is 1. The van der Waals surface area contributed by atoms with Crippen molar-refractivity contribution in [2.24, 2.45) is 5.92 Å². The number of carbonyl (C=O) groups excluding carboxylic acids is 1. The Bertz CT molecular complexity index is 670. The minimum absolute atomic E-state index is 0.235. The summed E-state index contributed by atoms with van der Waals surface area (Å²) in [6.07, 6.45) is 1.02. The van der Waals surface area contributed by atoms with Crippen LogP contribution in [0.4, 0.5) is 5.69 Å². The van der Waals surface area contributed by atoms with Gasteiger partial charge in [0.15, 0.2) is 5.11 Å². The molecule has 0 aliphatic heterocycles. The minimum atomic E-state index is -0.235. The molecule has 24 heavy (non-hydrogen) atoms. The van der Waals surface area contributed by atoms with E-state index in [0.717, 1.165) is 17.9 Å². The first-order valence-corrected chi connectivity index (χ1v) is 8.35. The molecule has 2 rings (SSSR count). The summed E-state index contributed by atoms with van der Waals surface area (Å²) in [6, 6.07) is 16.4. The quantitative estimate of drug-likeness (QED) is 0.771. The SMILES string of the molecule is CC(C)CCOc1ccc(NC(=S)NC(=O)c2ccccc2)cc1. The molecule has 0 aromatic heterocycles. The average molecular weight is 342 g/mol. The summed E-state index contributed by atoms with van der Waals surface area (Å²) in [4.78, 5) is 12.0. The van der Waals surface area contributed by atoms with Crippen molar-refractivity contribution in [1.29, 1.82) is 0 Å². The second kappa shape index (κ2) is 9.03. The van der Waals surface area contributed by atoms with Gasteiger partial charge in [0.1, 0.15) is 5.75 Å². The van der Waals surface area contributed by atoms with Gasteiger partial charge in [0, 0.05) is 11.3 Å². The van der Waals surface area contributed by atoms with Gasteiger partial charge >= 0.3 is 0 Å². The Morgan fingerprint density at radius 2 is 1.75 bits per heavy atom. The maximum atomic E-state index is 12.0. The molecule has 1 amide bonds. The zero-order valence-electron chi connectivity index (χ0n) is 13.9. The highest BCUT2D eigenvalue weighted by molar-refractivity contribution is 7.80. The molecule has 0 aliphatic carbocycles. The van der Waals surface area contributed by atoms with E-state index in [9.17, 15) is 4.79 Å². The van der Waals surface area contributed by atoms with Crippen molar-refractivity contribution in [3.8, 4) is 5.75 Å². The molecule has 0 radical (unpaired) electrons. The summed E-state index contributed by atoms with van der Waals surface area (Å²) in [5, 5.41) is 5.91. The molecule has 126 valence electrons. The molecular weight excluding hydrogens is 320 g/mol. The van der Waals surface area contributed by atoms with E-state index < -0.39 is 0 Å². The highest BCUT2D eigenvalue weighted by Gasteiger charge is 2.07. The lowest BCUT2D eigenvalue weighted by Gasteiger charge is -2.11. The van der Waals surface area contributed by atoms with Crippen molar-refractivity contribution in [3.05, 3.63) is 60.2 Å². The largest absolute Gasteiger partial charge is 0.494 e. The lowest BCUT2D eigenvalue weighted by atomic mass is 10.1. The Morgan fingerprint density at radius 3 is 2.38 bits per heavy atom. The van der Waals surface area contributed by atoms with Crippen LogP contribution >= 0.6 is 12.2 Å². The highest BCUT2D eigenvalue weighted by Crippen LogP contribution is 2.16. The maximum Gasteiger partial charge on any atom is 0.257 e. The molecule has 2 N–H and O–H groups in total. The van der Waals surface area contributed by atoms with Crippen LogP contribution in [0.3, 0.4) is 0 Å². The summed E-state index contributed by atoms with van der Waals surface area (Å²) >= 11 is 5.17. The summed E-state index contributed by atoms with van der Waals surface area (Å²) in [5.41, 5.74) is 1.36. The van der Waals surface area contributed by atoms with E-state index in [1.807, 2.05) is 42.5 Å². The predicted octanol–water partition coefficient (Wildman–Crippen LogP) is 4.24. The zero-order chi connectivity index (χ0) is 17.4. The number of amides is 1. The monoisotopic (exact) mass is 342 g/mol. The van der Waals surface area contributed by atoms with Crippen molar-refractivity contribution in [1.82, 2.24) is 5.32 Å². The molecule has 0 bridgehead atoms. The second-order valence-electron chi connectivity index (χ2n) is 5.83. The molecule has 0 saturated carbocycles. The van der Waals surface area contributed by atoms with Crippen LogP contribution in [0.15, 0.2) is 54.6 Å². The summed E-state index contributed by atoms with van der Waals surface area (Å²) in [6.45, 7) is 5.04. The summed E-state index contributed by atoms with van der Waals surface area (Å²) < 4.78 is 5.67. The molecule has 5 heteroatoms. The Labute approximate surface area is 148 Å². The fourth-order valence-corrected chi connectivity index (χ4v) is 2.18. The van der Waals surface area contributed by atoms with Gasteiger partial charge in [-0.2, -0.15) is 0 Å². The van der Waals surface area contributed by atoms with Crippen LogP contribution in [0.5, 0.6) is 5.75 Å². The van der Waals surface area contributed by atoms with Crippen LogP contribution in [0, 0.1) is 5.92 Å². The first kappa shape index (κ1) is 17.9. The number of ether oxygens (including phenoxy) is 1. The Hall–Kier alpha value is -2.40. The predicted molar refractivity (Wildman–Crippen MR) is 102 cm³/mol. The van der Waals surface area contributed by atoms with Crippen molar-refractivity contribution >= 4 is 28.9 Å². The van der Waals surface area contributed by atoms with E-state index in [-0.39, 0.29) is 11.0 Å². The molecule has 0 heterocycles. The second-order valence-corrected chi connectivity index (χ2v) is 6.24. The number of nitrogens with one attached hydrogen (secondary N) is 2. The number of hydrogen-bond donors (Lipinski definition) is 2. The molecule has 0 spiro atoms. The number of benzene rings is 2. The van der Waals surface area contributed by atoms with E-state index in [1.54, 1.807) is 12.1 Å². The van der Waals surface area contributed by atoms with Crippen molar-refractivity contribution in [2.75, 3.05) is 11.9 Å². The Kier molecular flexibility index (Phi) is 6.75. The van der Waals surface area contributed by atoms with Gasteiger partial charge in [0.25, 0.3) is 5.91 Å². The van der Waals surface area contributed by atoms with Gasteiger partial charge in [-0.1, -0.05) is 32.0 Å². The molecular formula is C19H22N2O2S. The molecule has 4 nitrogen and oxygen atoms in total. The summed E-state index contributed by atoms with van der Waals surface area (Å²) in [7, 11) is 0. The van der Waals surface area contributed by atoms with E-state index in [2.05, 4.69) is 24.5 Å². The van der Waals surface area contributed by atoms with Crippen LogP contribution < -0.4 is 15.4 Å². The first-order chi connectivity index (χ1) is 11.5. The number of rotatable bonds is 6. The lowest BCUT2D eigenvalue weighted by molar-refractivity contribution is 0.0977. The standard InChI is InChI=1S/C19H22N2O2S/c1-14(2)12-13-23-17-10-8-16(9-11-17)20-19(24)21-18(22)15-6-4-3-5-7-15/h3-11,14H,12-13H2,1-2H3,(H2,20,21,22,24). The molecule has 0 aliphatic rings. The molecule has 0 saturated heterocycles. The summed E-state index contributed by atoms with van der Waals surface area (Å²) in [5.74, 6) is 1.21. The van der Waals surface area contributed by atoms with Crippen molar-refractivity contribution < 1.29 is 9.53 Å². The lowest BCUT2D eigenvalue weighted by Crippen LogP contribution is -2.34. The van der Waals surface area contributed by atoms with Crippen LogP contribution in [-0.4, -0.2) is 17.6 Å². The van der Waals surface area contributed by atoms with Crippen LogP contribution in [-0.2, 0) is 0 Å². The fraction of sp³-hybridized carbons (Fsp3) is 0.263. The van der Waals surface area contributed by atoms with Gasteiger partial charge in [-0.15, -0.1) is 0 Å². The Balaban J connectivity index is 1.82. The molecule has 0 atom stereocenters. The van der Waals surface area contributed by atoms with Crippen LogP contribution in [0.1, 0.15) is 30.6 Å². The molecule has 2 aromatic carbocycles. The first-order valence-electron chi connectivity index (χ1n) is 7.95. The zero-order valence-corrected chi connectivity index (χ0v) is 14.7. The van der Waals surface area contributed by atoms with Gasteiger partial charge in [0.05, 0.1) is 6.61 Å². The third-order valence-corrected chi connectivity index (χ3v) is 3.54. The van der Waals surface area contributed by atoms with Crippen molar-refractivity contribution in [3.63, 3.8) is 0 Å². The average Bonchev–Trinajstić information content (AvgIpc) is 2.57. The topological polar surface area (TPSA) is 50.4 Å². The third kappa shape index (κ3) is 6.01. The van der Waals surface area contributed by atoms with E-state index in [0.29, 0.717) is 18.1 Å². The number of thiocarbonyl (C=S) groups is 1. The van der Waals surface area contributed by atoms with Gasteiger partial charge < -0.3 is 10.1 Å². The van der Waals surface area contributed by atoms with Gasteiger partial charge in [0.2, 0.25) is 0 Å². The van der Waals surface area contributed by atoms with Gasteiger partial charge in [-0.05, 0) is 61.0 Å². The number of anilines is 1. The molecule has 0 unspecified atom stereocenters. The Morgan fingerprint density at radius 1 is 1.08 bits per heavy atom. The van der Waals surface area contributed by atoms with Gasteiger partial charge in [-0.3, -0.25) is 10.1 Å². The maximum absolute atomic E-state index is 12.0. The van der Waals surface area contributed by atoms with Crippen LogP contribution in [0.25, 0.3) is 0 Å². The van der Waals surface area contributed by atoms with E-state index in [1.165, 1.54) is 0 Å². The van der Waals surface area contributed by atoms with Crippen molar-refractivity contribution in [2.45, 2.75) is 20.3 Å². The number of hydrogen-bond acceptors (Lipinski definition) is 3. The normalized spacial score (nSPS) is 10.3. The minimum Gasteiger partial charge on any atom is -0.494 e. The van der Waals surface area contributed by atoms with E-state index >= 15 is 0 Å².